The largest absolute Gasteiger partial charge is 0.418 e. The normalized spacial score (nSPS) is 11.7. The summed E-state index contributed by atoms with van der Waals surface area (Å²) in [7, 11) is 0. The van der Waals surface area contributed by atoms with Gasteiger partial charge >= 0.3 is 6.18 Å². The second kappa shape index (κ2) is 6.69. The Hall–Kier alpha value is -3.31. The first-order valence-electron chi connectivity index (χ1n) is 8.04. The van der Waals surface area contributed by atoms with Gasteiger partial charge in [0.1, 0.15) is 0 Å². The van der Waals surface area contributed by atoms with Crippen LogP contribution in [0.1, 0.15) is 17.0 Å². The molecule has 28 heavy (non-hydrogen) atoms. The number of benzene rings is 2. The van der Waals surface area contributed by atoms with Gasteiger partial charge in [0, 0.05) is 27.7 Å². The first-order valence-corrected chi connectivity index (χ1v) is 8.42. The summed E-state index contributed by atoms with van der Waals surface area (Å²) in [4.78, 5) is 4.28. The van der Waals surface area contributed by atoms with Crippen LogP contribution in [0.3, 0.4) is 0 Å². The highest BCUT2D eigenvalue weighted by atomic mass is 35.5. The van der Waals surface area contributed by atoms with E-state index in [9.17, 15) is 13.2 Å². The molecule has 140 valence electrons. The van der Waals surface area contributed by atoms with E-state index < -0.39 is 17.3 Å². The molecule has 0 unspecified atom stereocenters. The highest BCUT2D eigenvalue weighted by Gasteiger charge is 2.36. The van der Waals surface area contributed by atoms with Crippen LogP contribution in [0.25, 0.3) is 22.4 Å². The number of hydrogen-bond donors (Lipinski definition) is 0. The number of nitriles is 1. The van der Waals surface area contributed by atoms with Crippen molar-refractivity contribution in [2.24, 2.45) is 0 Å². The second-order valence-corrected chi connectivity index (χ2v) is 6.43. The Bertz CT molecular complexity index is 1200. The van der Waals surface area contributed by atoms with Crippen molar-refractivity contribution in [3.8, 4) is 17.5 Å². The fourth-order valence-electron chi connectivity index (χ4n) is 2.99. The van der Waals surface area contributed by atoms with E-state index in [0.717, 1.165) is 6.07 Å². The fraction of sp³-hybridized carbons (Fsp3) is 0.105. The summed E-state index contributed by atoms with van der Waals surface area (Å²) in [6, 6.07) is 12.4. The molecule has 0 saturated heterocycles. The quantitative estimate of drug-likeness (QED) is 0.467. The van der Waals surface area contributed by atoms with Gasteiger partial charge in [-0.15, -0.1) is 0 Å². The molecule has 2 aromatic carbocycles. The minimum Gasteiger partial charge on any atom is -0.340 e. The molecule has 0 saturated carbocycles. The maximum Gasteiger partial charge on any atom is 0.418 e. The van der Waals surface area contributed by atoms with Gasteiger partial charge in [0.2, 0.25) is 0 Å². The van der Waals surface area contributed by atoms with Crippen molar-refractivity contribution in [1.29, 1.82) is 5.26 Å². The molecular formula is C19H10ClF3N4O. The zero-order valence-electron chi connectivity index (χ0n) is 14.0. The summed E-state index contributed by atoms with van der Waals surface area (Å²) in [6.45, 7) is 0.115. The second-order valence-electron chi connectivity index (χ2n) is 6.00. The number of hydrogen-bond acceptors (Lipinski definition) is 4. The molecule has 0 aliphatic rings. The molecule has 5 nitrogen and oxygen atoms in total. The van der Waals surface area contributed by atoms with Crippen LogP contribution in [0.15, 0.2) is 53.2 Å². The zero-order chi connectivity index (χ0) is 19.9. The third-order valence-electron chi connectivity index (χ3n) is 4.23. The molecule has 0 spiro atoms. The van der Waals surface area contributed by atoms with Crippen molar-refractivity contribution in [2.75, 3.05) is 0 Å². The Morgan fingerprint density at radius 2 is 1.86 bits per heavy atom. The zero-order valence-corrected chi connectivity index (χ0v) is 14.8. The van der Waals surface area contributed by atoms with Crippen LogP contribution in [0, 0.1) is 11.3 Å². The van der Waals surface area contributed by atoms with Crippen molar-refractivity contribution < 1.29 is 17.7 Å². The van der Waals surface area contributed by atoms with Crippen molar-refractivity contribution in [3.63, 3.8) is 0 Å². The third kappa shape index (κ3) is 3.21. The van der Waals surface area contributed by atoms with Crippen molar-refractivity contribution >= 4 is 22.5 Å². The van der Waals surface area contributed by atoms with Crippen molar-refractivity contribution in [2.45, 2.75) is 12.7 Å². The van der Waals surface area contributed by atoms with Gasteiger partial charge in [-0.25, -0.2) is 0 Å². The van der Waals surface area contributed by atoms with E-state index in [0.29, 0.717) is 21.9 Å². The molecule has 0 fully saturated rings. The minimum absolute atomic E-state index is 0.0482. The smallest absolute Gasteiger partial charge is 0.340 e. The lowest BCUT2D eigenvalue weighted by Gasteiger charge is -2.11. The Morgan fingerprint density at radius 1 is 1.11 bits per heavy atom. The average Bonchev–Trinajstić information content (AvgIpc) is 3.28. The molecule has 0 bridgehead atoms. The molecule has 4 aromatic rings. The van der Waals surface area contributed by atoms with Crippen LogP contribution in [0.4, 0.5) is 13.2 Å². The SMILES string of the molecule is N#Cc1ccc2c(ccn2Cc2noc(-c3ccc(Cl)cc3)n2)c1C(F)(F)F. The average molecular weight is 403 g/mol. The Kier molecular flexibility index (Phi) is 4.32. The lowest BCUT2D eigenvalue weighted by molar-refractivity contribution is -0.136. The highest BCUT2D eigenvalue weighted by Crippen LogP contribution is 2.37. The summed E-state index contributed by atoms with van der Waals surface area (Å²) in [6.07, 6.45) is -3.13. The van der Waals surface area contributed by atoms with E-state index in [4.69, 9.17) is 21.4 Å². The lowest BCUT2D eigenvalue weighted by Crippen LogP contribution is -2.09. The molecule has 9 heteroatoms. The van der Waals surface area contributed by atoms with Crippen LogP contribution < -0.4 is 0 Å². The number of alkyl halides is 3. The molecule has 4 rings (SSSR count). The standard InChI is InChI=1S/C19H10ClF3N4O/c20-13-4-1-11(2-5-13)18-25-16(26-28-18)10-27-8-7-14-15(27)6-3-12(9-24)17(14)19(21,22)23/h1-8H,10H2. The third-order valence-corrected chi connectivity index (χ3v) is 4.48. The fourth-order valence-corrected chi connectivity index (χ4v) is 3.12. The molecule has 2 aromatic heterocycles. The minimum atomic E-state index is -4.63. The van der Waals surface area contributed by atoms with Crippen LogP contribution in [-0.2, 0) is 12.7 Å². The Balaban J connectivity index is 1.70. The van der Waals surface area contributed by atoms with E-state index in [-0.39, 0.29) is 17.8 Å². The summed E-state index contributed by atoms with van der Waals surface area (Å²) in [5.74, 6) is 0.589. The monoisotopic (exact) mass is 402 g/mol. The van der Waals surface area contributed by atoms with Gasteiger partial charge in [-0.3, -0.25) is 0 Å². The van der Waals surface area contributed by atoms with Crippen LogP contribution in [-0.4, -0.2) is 14.7 Å². The lowest BCUT2D eigenvalue weighted by atomic mass is 10.0. The number of fused-ring (bicyclic) bond motifs is 1. The molecule has 0 N–H and O–H groups in total. The maximum atomic E-state index is 13.4. The number of halogens is 4. The van der Waals surface area contributed by atoms with Gasteiger partial charge in [-0.2, -0.15) is 23.4 Å². The van der Waals surface area contributed by atoms with Crippen LogP contribution in [0.5, 0.6) is 0 Å². The van der Waals surface area contributed by atoms with Gasteiger partial charge in [-0.1, -0.05) is 16.8 Å². The summed E-state index contributed by atoms with van der Waals surface area (Å²) < 4.78 is 47.0. The van der Waals surface area contributed by atoms with E-state index in [2.05, 4.69) is 10.1 Å². The number of nitrogens with zero attached hydrogens (tertiary/aromatic N) is 4. The van der Waals surface area contributed by atoms with E-state index in [1.54, 1.807) is 34.9 Å². The summed E-state index contributed by atoms with van der Waals surface area (Å²) >= 11 is 5.85. The topological polar surface area (TPSA) is 67.6 Å². The Labute approximate surface area is 161 Å². The summed E-state index contributed by atoms with van der Waals surface area (Å²) in [5.41, 5.74) is -0.355. The molecule has 0 aliphatic carbocycles. The van der Waals surface area contributed by atoms with Gasteiger partial charge in [-0.05, 0) is 42.5 Å². The van der Waals surface area contributed by atoms with Gasteiger partial charge in [0.15, 0.2) is 5.82 Å². The van der Waals surface area contributed by atoms with E-state index in [1.165, 1.54) is 18.3 Å². The molecular weight excluding hydrogens is 393 g/mol. The van der Waals surface area contributed by atoms with Crippen molar-refractivity contribution in [3.05, 3.63) is 70.6 Å². The highest BCUT2D eigenvalue weighted by molar-refractivity contribution is 6.30. The van der Waals surface area contributed by atoms with Gasteiger partial charge in [0.05, 0.1) is 23.7 Å². The number of rotatable bonds is 3. The van der Waals surface area contributed by atoms with E-state index in [1.807, 2.05) is 0 Å². The molecule has 0 radical (unpaired) electrons. The van der Waals surface area contributed by atoms with Gasteiger partial charge in [0.25, 0.3) is 5.89 Å². The maximum absolute atomic E-state index is 13.4. The van der Waals surface area contributed by atoms with E-state index >= 15 is 0 Å². The van der Waals surface area contributed by atoms with Crippen molar-refractivity contribution in [1.82, 2.24) is 14.7 Å². The first-order chi connectivity index (χ1) is 13.4. The molecule has 2 heterocycles. The predicted molar refractivity (Wildman–Crippen MR) is 95.5 cm³/mol. The van der Waals surface area contributed by atoms with Gasteiger partial charge < -0.3 is 9.09 Å². The summed E-state index contributed by atoms with van der Waals surface area (Å²) in [5, 5.41) is 13.4. The molecule has 0 aliphatic heterocycles. The molecule has 0 amide bonds. The Morgan fingerprint density at radius 3 is 2.54 bits per heavy atom. The molecule has 0 atom stereocenters. The first kappa shape index (κ1) is 18.1. The van der Waals surface area contributed by atoms with Crippen LogP contribution >= 0.6 is 11.6 Å². The predicted octanol–water partition coefficient (Wildman–Crippen LogP) is 5.28. The van der Waals surface area contributed by atoms with Crippen LogP contribution in [0.2, 0.25) is 5.02 Å². The number of aromatic nitrogens is 3.